The summed E-state index contributed by atoms with van der Waals surface area (Å²) in [5.41, 5.74) is 0.917. The lowest BCUT2D eigenvalue weighted by molar-refractivity contribution is -0.172. The van der Waals surface area contributed by atoms with Gasteiger partial charge >= 0.3 is 5.97 Å². The number of hydrogen-bond acceptors (Lipinski definition) is 9. The second kappa shape index (κ2) is 9.14. The number of benzene rings is 1. The minimum absolute atomic E-state index is 0.0282. The van der Waals surface area contributed by atoms with Gasteiger partial charge in [0.05, 0.1) is 42.2 Å². The molecule has 4 N–H and O–H groups in total. The van der Waals surface area contributed by atoms with Crippen LogP contribution in [0.4, 0.5) is 4.39 Å². The fourth-order valence-corrected chi connectivity index (χ4v) is 7.44. The van der Waals surface area contributed by atoms with E-state index < -0.39 is 57.5 Å². The third kappa shape index (κ3) is 3.61. The van der Waals surface area contributed by atoms with Crippen molar-refractivity contribution in [1.29, 1.82) is 0 Å². The summed E-state index contributed by atoms with van der Waals surface area (Å²) in [4.78, 5) is 30.9. The van der Waals surface area contributed by atoms with E-state index in [1.807, 2.05) is 0 Å². The predicted molar refractivity (Wildman–Crippen MR) is 140 cm³/mol. The lowest BCUT2D eigenvalue weighted by atomic mass is 9.82. The molecule has 1 aromatic carbocycles. The third-order valence-corrected chi connectivity index (χ3v) is 10.3. The second-order valence-corrected chi connectivity index (χ2v) is 12.5. The number of aliphatic hydroxyl groups excluding tert-OH is 2. The smallest absolute Gasteiger partial charge is 0.343 e. The molecule has 11 nitrogen and oxygen atoms in total. The first kappa shape index (κ1) is 27.0. The molecule has 6 rings (SSSR count). The van der Waals surface area contributed by atoms with Crippen LogP contribution in [0.5, 0.6) is 0 Å². The van der Waals surface area contributed by atoms with E-state index in [0.29, 0.717) is 45.4 Å². The van der Waals surface area contributed by atoms with Gasteiger partial charge in [0, 0.05) is 28.6 Å². The Balaban J connectivity index is 1.63. The molecule has 0 saturated heterocycles. The van der Waals surface area contributed by atoms with Crippen molar-refractivity contribution in [3.8, 4) is 11.4 Å². The molecule has 0 saturated carbocycles. The molecule has 2 aromatic heterocycles. The van der Waals surface area contributed by atoms with Crippen LogP contribution >= 0.6 is 0 Å². The largest absolute Gasteiger partial charge is 0.458 e. The molecular weight excluding hydrogens is 545 g/mol. The first-order valence-electron chi connectivity index (χ1n) is 13.0. The molecule has 0 spiro atoms. The van der Waals surface area contributed by atoms with Crippen molar-refractivity contribution in [2.75, 3.05) is 13.2 Å². The van der Waals surface area contributed by atoms with Crippen LogP contribution in [0.25, 0.3) is 22.3 Å². The third-order valence-electron chi connectivity index (χ3n) is 8.53. The zero-order chi connectivity index (χ0) is 28.7. The standard InChI is InChI=1S/C27H28FN3O8S/c1-3-27(36)17-6-21-24-15(8-31(21)25(34)16(17)11-39-26(27)35)23-19(30-40(37,38)13(9-32)10-33)5-4-14-12(2)18(28)7-20(29-24)22(14)23/h6-7,13,19,30,32-33,36H,3-5,8-11H2,1-2H3/t19-,27-/m0/s1. The number of carbonyl (C=O) groups is 1. The van der Waals surface area contributed by atoms with Gasteiger partial charge in [-0.1, -0.05) is 6.92 Å². The van der Waals surface area contributed by atoms with Gasteiger partial charge in [-0.3, -0.25) is 4.79 Å². The van der Waals surface area contributed by atoms with E-state index in [1.54, 1.807) is 19.9 Å². The average Bonchev–Trinajstić information content (AvgIpc) is 3.29. The van der Waals surface area contributed by atoms with Crippen molar-refractivity contribution < 1.29 is 37.7 Å². The van der Waals surface area contributed by atoms with Gasteiger partial charge < -0.3 is 24.6 Å². The number of rotatable bonds is 6. The molecule has 0 fully saturated rings. The zero-order valence-electron chi connectivity index (χ0n) is 21.8. The molecule has 0 amide bonds. The van der Waals surface area contributed by atoms with Crippen molar-refractivity contribution in [2.24, 2.45) is 0 Å². The molecule has 4 heterocycles. The van der Waals surface area contributed by atoms with Crippen LogP contribution in [0.2, 0.25) is 0 Å². The van der Waals surface area contributed by atoms with E-state index in [2.05, 4.69) is 4.72 Å². The number of aromatic nitrogens is 2. The number of sulfonamides is 1. The summed E-state index contributed by atoms with van der Waals surface area (Å²) in [5, 5.41) is 29.4. The summed E-state index contributed by atoms with van der Waals surface area (Å²) >= 11 is 0. The number of nitrogens with one attached hydrogen (secondary N) is 1. The molecule has 1 aliphatic carbocycles. The fourth-order valence-electron chi connectivity index (χ4n) is 6.22. The molecule has 13 heteroatoms. The number of carbonyl (C=O) groups excluding carboxylic acids is 1. The summed E-state index contributed by atoms with van der Waals surface area (Å²) in [6, 6.07) is 2.01. The minimum Gasteiger partial charge on any atom is -0.458 e. The van der Waals surface area contributed by atoms with Crippen LogP contribution in [0.15, 0.2) is 16.9 Å². The first-order valence-corrected chi connectivity index (χ1v) is 14.6. The average molecular weight is 574 g/mol. The SMILES string of the molecule is CC[C@@]1(O)C(=O)OCc2c1cc1n(c2=O)Cc2c-1nc1cc(F)c(C)c3c1c2[C@@H](NS(=O)(=O)C(CO)CO)CC3. The maximum Gasteiger partial charge on any atom is 0.343 e. The van der Waals surface area contributed by atoms with Gasteiger partial charge in [0.25, 0.3) is 5.56 Å². The Morgan fingerprint density at radius 3 is 2.62 bits per heavy atom. The van der Waals surface area contributed by atoms with Crippen molar-refractivity contribution in [2.45, 2.75) is 63.2 Å². The van der Waals surface area contributed by atoms with Gasteiger partial charge in [0.1, 0.15) is 17.7 Å². The second-order valence-electron chi connectivity index (χ2n) is 10.6. The van der Waals surface area contributed by atoms with Gasteiger partial charge in [0.2, 0.25) is 10.0 Å². The summed E-state index contributed by atoms with van der Waals surface area (Å²) in [6.07, 6.45) is 0.596. The topological polar surface area (TPSA) is 168 Å². The number of cyclic esters (lactones) is 1. The Morgan fingerprint density at radius 2 is 1.95 bits per heavy atom. The highest BCUT2D eigenvalue weighted by Crippen LogP contribution is 2.46. The molecule has 3 aliphatic rings. The number of esters is 1. The summed E-state index contributed by atoms with van der Waals surface area (Å²) in [6.45, 7) is 1.42. The summed E-state index contributed by atoms with van der Waals surface area (Å²) in [7, 11) is -4.17. The highest BCUT2D eigenvalue weighted by Gasteiger charge is 2.46. The molecular formula is C27H28FN3O8S. The van der Waals surface area contributed by atoms with Crippen LogP contribution in [-0.4, -0.2) is 57.7 Å². The van der Waals surface area contributed by atoms with Crippen LogP contribution < -0.4 is 10.3 Å². The number of aryl methyl sites for hydroxylation is 1. The number of halogens is 1. The van der Waals surface area contributed by atoms with E-state index in [-0.39, 0.29) is 42.6 Å². The van der Waals surface area contributed by atoms with Crippen LogP contribution in [0.3, 0.4) is 0 Å². The molecule has 0 unspecified atom stereocenters. The van der Waals surface area contributed by atoms with E-state index in [9.17, 15) is 37.7 Å². The van der Waals surface area contributed by atoms with Crippen molar-refractivity contribution in [3.63, 3.8) is 0 Å². The van der Waals surface area contributed by atoms with Gasteiger partial charge in [-0.2, -0.15) is 0 Å². The lowest BCUT2D eigenvalue weighted by Gasteiger charge is -2.31. The van der Waals surface area contributed by atoms with Crippen LogP contribution in [-0.2, 0) is 44.7 Å². The van der Waals surface area contributed by atoms with Crippen molar-refractivity contribution in [3.05, 3.63) is 61.7 Å². The highest BCUT2D eigenvalue weighted by atomic mass is 32.2. The first-order chi connectivity index (χ1) is 19.0. The van der Waals surface area contributed by atoms with E-state index in [4.69, 9.17) is 9.72 Å². The fraction of sp³-hybridized carbons (Fsp3) is 0.444. The quantitative estimate of drug-likeness (QED) is 0.244. The molecule has 0 bridgehead atoms. The van der Waals surface area contributed by atoms with Gasteiger partial charge in [-0.15, -0.1) is 0 Å². The zero-order valence-corrected chi connectivity index (χ0v) is 22.6. The molecule has 40 heavy (non-hydrogen) atoms. The number of hydrogen-bond donors (Lipinski definition) is 4. The Morgan fingerprint density at radius 1 is 1.23 bits per heavy atom. The van der Waals surface area contributed by atoms with E-state index in [0.717, 1.165) is 0 Å². The summed E-state index contributed by atoms with van der Waals surface area (Å²) in [5.74, 6) is -1.32. The molecule has 2 atom stereocenters. The van der Waals surface area contributed by atoms with Gasteiger partial charge in [0.15, 0.2) is 5.60 Å². The number of ether oxygens (including phenoxy) is 1. The lowest BCUT2D eigenvalue weighted by Crippen LogP contribution is -2.44. The predicted octanol–water partition coefficient (Wildman–Crippen LogP) is 0.787. The van der Waals surface area contributed by atoms with E-state index in [1.165, 1.54) is 10.6 Å². The summed E-state index contributed by atoms with van der Waals surface area (Å²) < 4.78 is 50.3. The number of fused-ring (bicyclic) bond motifs is 5. The van der Waals surface area contributed by atoms with Crippen molar-refractivity contribution >= 4 is 26.9 Å². The normalized spacial score (nSPS) is 21.4. The van der Waals surface area contributed by atoms with Crippen LogP contribution in [0.1, 0.15) is 59.2 Å². The van der Waals surface area contributed by atoms with E-state index >= 15 is 0 Å². The molecule has 3 aromatic rings. The van der Waals surface area contributed by atoms with Gasteiger partial charge in [-0.25, -0.2) is 27.3 Å². The maximum atomic E-state index is 15.0. The van der Waals surface area contributed by atoms with Crippen molar-refractivity contribution in [1.82, 2.24) is 14.3 Å². The monoisotopic (exact) mass is 573 g/mol. The van der Waals surface area contributed by atoms with Gasteiger partial charge in [-0.05, 0) is 48.9 Å². The molecule has 0 radical (unpaired) electrons. The number of nitrogens with zero attached hydrogens (tertiary/aromatic N) is 2. The molecule has 212 valence electrons. The Bertz CT molecular complexity index is 1780. The number of pyridine rings is 2. The number of aliphatic hydroxyl groups is 3. The Kier molecular flexibility index (Phi) is 6.16. The Labute approximate surface area is 228 Å². The minimum atomic E-state index is -4.17. The molecule has 2 aliphatic heterocycles. The highest BCUT2D eigenvalue weighted by molar-refractivity contribution is 7.90. The van der Waals surface area contributed by atoms with Crippen LogP contribution in [0, 0.1) is 12.7 Å². The maximum absolute atomic E-state index is 15.0. The Hall–Kier alpha value is -3.23.